The van der Waals surface area contributed by atoms with Crippen LogP contribution in [0.1, 0.15) is 37.7 Å². The molecule has 0 unspecified atom stereocenters. The maximum Gasteiger partial charge on any atom is 0.303 e. The van der Waals surface area contributed by atoms with E-state index in [1.54, 1.807) is 31.2 Å². The molecule has 2 aromatic heterocycles. The van der Waals surface area contributed by atoms with Crippen LogP contribution in [0.5, 0.6) is 0 Å². The Labute approximate surface area is 231 Å². The Bertz CT molecular complexity index is 1530. The number of fused-ring (bicyclic) bond motifs is 1. The summed E-state index contributed by atoms with van der Waals surface area (Å²) in [5.41, 5.74) is 2.91. The van der Waals surface area contributed by atoms with Gasteiger partial charge in [-0.3, -0.25) is 14.4 Å². The number of nitrogens with zero attached hydrogens (tertiary/aromatic N) is 1. The van der Waals surface area contributed by atoms with Crippen molar-refractivity contribution in [2.45, 2.75) is 33.3 Å². The van der Waals surface area contributed by atoms with Crippen LogP contribution >= 0.6 is 39.1 Å². The molecule has 0 bridgehead atoms. The molecule has 10 heteroatoms. The van der Waals surface area contributed by atoms with Gasteiger partial charge < -0.3 is 14.5 Å². The Hall–Kier alpha value is -3.20. The van der Waals surface area contributed by atoms with Crippen molar-refractivity contribution in [2.75, 3.05) is 5.32 Å². The minimum atomic E-state index is -1.09. The summed E-state index contributed by atoms with van der Waals surface area (Å²) in [6.45, 7) is 4.33. The summed E-state index contributed by atoms with van der Waals surface area (Å²) in [5, 5.41) is 4.12. The van der Waals surface area contributed by atoms with Crippen LogP contribution < -0.4 is 5.32 Å². The summed E-state index contributed by atoms with van der Waals surface area (Å²) in [6, 6.07) is 14.4. The fourth-order valence-electron chi connectivity index (χ4n) is 3.77. The van der Waals surface area contributed by atoms with Crippen molar-refractivity contribution in [1.82, 2.24) is 4.98 Å². The standard InChI is InChI=1S/C27H21BrCl2N2O5/c1-4-22(34)25-24(31-26(35)13(2)36-14(3)33)20-12-19(15-5-8-17(29)9-6-15)23(32-27(20)37-25)18-10-7-16(28)11-21(18)30/h5-13H,4H2,1-3H3,(H,31,35)/t13-/m0/s1. The largest absolute Gasteiger partial charge is 0.453 e. The predicted octanol–water partition coefficient (Wildman–Crippen LogP) is 7.71. The number of pyridine rings is 1. The SMILES string of the molecule is CCC(=O)c1oc2nc(-c3ccc(Br)cc3Cl)c(-c3ccc(Cl)cc3)cc2c1NC(=O)[C@H](C)OC(C)=O. The minimum absolute atomic E-state index is 0.0468. The number of halogens is 3. The van der Waals surface area contributed by atoms with Crippen LogP contribution in [-0.4, -0.2) is 28.7 Å². The summed E-state index contributed by atoms with van der Waals surface area (Å²) in [4.78, 5) is 41.7. The van der Waals surface area contributed by atoms with Gasteiger partial charge in [-0.15, -0.1) is 0 Å². The first-order chi connectivity index (χ1) is 17.6. The number of hydrogen-bond donors (Lipinski definition) is 1. The van der Waals surface area contributed by atoms with Gasteiger partial charge >= 0.3 is 5.97 Å². The van der Waals surface area contributed by atoms with Gasteiger partial charge in [-0.25, -0.2) is 4.98 Å². The van der Waals surface area contributed by atoms with E-state index in [2.05, 4.69) is 21.2 Å². The molecule has 4 rings (SSSR count). The number of anilines is 1. The van der Waals surface area contributed by atoms with Crippen molar-refractivity contribution in [3.8, 4) is 22.4 Å². The molecule has 1 amide bonds. The van der Waals surface area contributed by atoms with Crippen LogP contribution in [0.25, 0.3) is 33.5 Å². The summed E-state index contributed by atoms with van der Waals surface area (Å²) in [6.07, 6.45) is -0.950. The third kappa shape index (κ3) is 5.71. The molecule has 37 heavy (non-hydrogen) atoms. The van der Waals surface area contributed by atoms with Crippen LogP contribution in [-0.2, 0) is 14.3 Å². The number of nitrogens with one attached hydrogen (secondary N) is 1. The predicted molar refractivity (Wildman–Crippen MR) is 147 cm³/mol. The monoisotopic (exact) mass is 602 g/mol. The highest BCUT2D eigenvalue weighted by molar-refractivity contribution is 9.10. The number of ketones is 1. The number of rotatable bonds is 7. The van der Waals surface area contributed by atoms with E-state index in [1.807, 2.05) is 24.3 Å². The zero-order valence-corrected chi connectivity index (χ0v) is 23.1. The average molecular weight is 604 g/mol. The third-order valence-corrected chi connectivity index (χ3v) is 6.62. The number of ether oxygens (including phenoxy) is 1. The number of furan rings is 1. The van der Waals surface area contributed by atoms with E-state index < -0.39 is 18.0 Å². The Kier molecular flexibility index (Phi) is 8.02. The number of carbonyl (C=O) groups is 3. The Morgan fingerprint density at radius 2 is 1.78 bits per heavy atom. The molecule has 190 valence electrons. The van der Waals surface area contributed by atoms with E-state index in [0.717, 1.165) is 10.0 Å². The van der Waals surface area contributed by atoms with Gasteiger partial charge in [0, 0.05) is 34.0 Å². The molecule has 0 spiro atoms. The number of amides is 1. The van der Waals surface area contributed by atoms with E-state index in [-0.39, 0.29) is 29.4 Å². The second kappa shape index (κ2) is 11.0. The molecule has 1 atom stereocenters. The summed E-state index contributed by atoms with van der Waals surface area (Å²) >= 11 is 16.1. The number of benzene rings is 2. The lowest BCUT2D eigenvalue weighted by molar-refractivity contribution is -0.150. The molecule has 0 aliphatic rings. The number of hydrogen-bond acceptors (Lipinski definition) is 6. The Morgan fingerprint density at radius 1 is 1.08 bits per heavy atom. The number of aromatic nitrogens is 1. The van der Waals surface area contributed by atoms with Gasteiger partial charge in [0.25, 0.3) is 5.91 Å². The lowest BCUT2D eigenvalue weighted by Gasteiger charge is -2.13. The lowest BCUT2D eigenvalue weighted by atomic mass is 9.98. The number of esters is 1. The van der Waals surface area contributed by atoms with Crippen molar-refractivity contribution >= 4 is 73.6 Å². The summed E-state index contributed by atoms with van der Waals surface area (Å²) < 4.78 is 11.7. The highest BCUT2D eigenvalue weighted by Crippen LogP contribution is 2.41. The quantitative estimate of drug-likeness (QED) is 0.171. The van der Waals surface area contributed by atoms with E-state index in [9.17, 15) is 14.4 Å². The maximum atomic E-state index is 12.8. The third-order valence-electron chi connectivity index (χ3n) is 5.56. The molecule has 4 aromatic rings. The van der Waals surface area contributed by atoms with Crippen molar-refractivity contribution < 1.29 is 23.5 Å². The topological polar surface area (TPSA) is 98.5 Å². The molecule has 0 fully saturated rings. The van der Waals surface area contributed by atoms with Gasteiger partial charge in [0.1, 0.15) is 5.69 Å². The molecule has 2 aromatic carbocycles. The zero-order valence-electron chi connectivity index (χ0n) is 20.0. The van der Waals surface area contributed by atoms with Crippen molar-refractivity contribution in [2.24, 2.45) is 0 Å². The number of carbonyl (C=O) groups excluding carboxylic acids is 3. The molecule has 1 N–H and O–H groups in total. The zero-order chi connectivity index (χ0) is 26.9. The van der Waals surface area contributed by atoms with E-state index in [1.165, 1.54) is 13.8 Å². The maximum absolute atomic E-state index is 12.8. The number of Topliss-reactive ketones (excluding diaryl/α,β-unsaturated/α-hetero) is 1. The first kappa shape index (κ1) is 26.9. The van der Waals surface area contributed by atoms with E-state index in [0.29, 0.717) is 32.3 Å². The molecule has 0 saturated heterocycles. The second-order valence-corrected chi connectivity index (χ2v) is 9.95. The van der Waals surface area contributed by atoms with Gasteiger partial charge in [0.05, 0.1) is 16.1 Å². The first-order valence-electron chi connectivity index (χ1n) is 11.3. The van der Waals surface area contributed by atoms with Crippen LogP contribution in [0.15, 0.2) is 57.4 Å². The molecule has 0 saturated carbocycles. The molecular weight excluding hydrogens is 583 g/mol. The van der Waals surface area contributed by atoms with Crippen LogP contribution in [0, 0.1) is 0 Å². The normalized spacial score (nSPS) is 11.8. The fourth-order valence-corrected chi connectivity index (χ4v) is 4.66. The second-order valence-electron chi connectivity index (χ2n) is 8.19. The van der Waals surface area contributed by atoms with E-state index in [4.69, 9.17) is 37.3 Å². The first-order valence-corrected chi connectivity index (χ1v) is 12.8. The Balaban J connectivity index is 1.98. The van der Waals surface area contributed by atoms with Crippen molar-refractivity contribution in [3.63, 3.8) is 0 Å². The van der Waals surface area contributed by atoms with Crippen LogP contribution in [0.4, 0.5) is 5.69 Å². The highest BCUT2D eigenvalue weighted by atomic mass is 79.9. The van der Waals surface area contributed by atoms with E-state index >= 15 is 0 Å². The highest BCUT2D eigenvalue weighted by Gasteiger charge is 2.27. The van der Waals surface area contributed by atoms with Crippen molar-refractivity contribution in [3.05, 3.63) is 68.8 Å². The van der Waals surface area contributed by atoms with Crippen molar-refractivity contribution in [1.29, 1.82) is 0 Å². The van der Waals surface area contributed by atoms with Gasteiger partial charge in [-0.1, -0.05) is 64.3 Å². The van der Waals surface area contributed by atoms with Gasteiger partial charge in [0.2, 0.25) is 5.71 Å². The average Bonchev–Trinajstić information content (AvgIpc) is 3.20. The smallest absolute Gasteiger partial charge is 0.303 e. The van der Waals surface area contributed by atoms with Gasteiger partial charge in [-0.05, 0) is 42.8 Å². The molecule has 2 heterocycles. The van der Waals surface area contributed by atoms with Gasteiger partial charge in [-0.2, -0.15) is 0 Å². The van der Waals surface area contributed by atoms with Crippen LogP contribution in [0.2, 0.25) is 10.0 Å². The Morgan fingerprint density at radius 3 is 2.41 bits per heavy atom. The lowest BCUT2D eigenvalue weighted by Crippen LogP contribution is -2.29. The fraction of sp³-hybridized carbons (Fsp3) is 0.185. The molecule has 0 radical (unpaired) electrons. The molecule has 7 nitrogen and oxygen atoms in total. The molecular formula is C27H21BrCl2N2O5. The minimum Gasteiger partial charge on any atom is -0.453 e. The summed E-state index contributed by atoms with van der Waals surface area (Å²) in [5.74, 6) is -1.59. The molecule has 0 aliphatic carbocycles. The van der Waals surface area contributed by atoms with Gasteiger partial charge in [0.15, 0.2) is 17.6 Å². The summed E-state index contributed by atoms with van der Waals surface area (Å²) in [7, 11) is 0. The molecule has 0 aliphatic heterocycles. The van der Waals surface area contributed by atoms with Crippen LogP contribution in [0.3, 0.4) is 0 Å².